The number of benzene rings is 11. The molecule has 3 aromatic heterocycles. The molecule has 0 radical (unpaired) electrons. The van der Waals surface area contributed by atoms with E-state index >= 15 is 0 Å². The minimum Gasteiger partial charge on any atom is -0.455 e. The Bertz CT molecular complexity index is 4980. The summed E-state index contributed by atoms with van der Waals surface area (Å²) in [6.45, 7) is 14.6. The van der Waals surface area contributed by atoms with Gasteiger partial charge in [-0.25, -0.2) is 0 Å². The van der Waals surface area contributed by atoms with E-state index in [4.69, 9.17) is 8.83 Å². The normalized spacial score (nSPS) is 15.0. The standard InChI is InChI=1S/C75H54N2O2/c1-73(2)57-40-46(33-36-50(57)64-59(73)42-54(43-21-9-7-10-22-43)71-66(64)52-27-15-19-31-62(52)78-71)76(45-35-38-61-55(39-45)48-25-14-18-30-60(48)77(61)44-23-11-8-12-24-44)47-34-37-51-58(41-47)75(5,6)69-65(51)67-53-28-16-20-32-63(53)79-72(67)68-49-26-13-17-29-56(49)74(3,4)70(68)69/h7-42H,1-6H3. The Hall–Kier alpha value is -9.38. The summed E-state index contributed by atoms with van der Waals surface area (Å²) in [7, 11) is 0. The van der Waals surface area contributed by atoms with Crippen LogP contribution in [0.4, 0.5) is 17.1 Å². The number of furan rings is 2. The van der Waals surface area contributed by atoms with Crippen molar-refractivity contribution in [1.29, 1.82) is 0 Å². The SMILES string of the molecule is CC1(C)c2cc(N(c3ccc4c(c3)C(C)(C)c3c5c(c6oc7ccccc7c6c3-4)-c3ccccc3C5(C)C)c3ccc4c(c3)c3ccccc3n4-c3ccccc3)ccc2-c2c1cc(-c1ccccc1)c1oc3ccccc3c21. The van der Waals surface area contributed by atoms with Crippen molar-refractivity contribution < 1.29 is 8.83 Å². The summed E-state index contributed by atoms with van der Waals surface area (Å²) < 4.78 is 16.3. The summed E-state index contributed by atoms with van der Waals surface area (Å²) in [5, 5.41) is 7.13. The van der Waals surface area contributed by atoms with E-state index in [9.17, 15) is 0 Å². The van der Waals surface area contributed by atoms with Crippen molar-refractivity contribution in [1.82, 2.24) is 4.57 Å². The fourth-order valence-electron chi connectivity index (χ4n) is 15.1. The van der Waals surface area contributed by atoms with E-state index in [1.54, 1.807) is 0 Å². The third kappa shape index (κ3) is 5.78. The Balaban J connectivity index is 0.917. The molecule has 0 N–H and O–H groups in total. The monoisotopic (exact) mass is 1010 g/mol. The van der Waals surface area contributed by atoms with Gasteiger partial charge in [0, 0.05) is 82.4 Å². The Kier molecular flexibility index (Phi) is 8.73. The maximum Gasteiger partial charge on any atom is 0.144 e. The van der Waals surface area contributed by atoms with Crippen LogP contribution >= 0.6 is 0 Å². The molecule has 0 saturated heterocycles. The molecule has 0 aliphatic heterocycles. The third-order valence-electron chi connectivity index (χ3n) is 18.7. The molecule has 14 aromatic rings. The molecule has 376 valence electrons. The first kappa shape index (κ1) is 44.7. The van der Waals surface area contributed by atoms with Gasteiger partial charge in [0.05, 0.1) is 11.0 Å². The Morgan fingerprint density at radius 2 is 0.848 bits per heavy atom. The van der Waals surface area contributed by atoms with Crippen LogP contribution in [0.15, 0.2) is 227 Å². The zero-order chi connectivity index (χ0) is 52.8. The van der Waals surface area contributed by atoms with Gasteiger partial charge in [0.2, 0.25) is 0 Å². The first-order valence-electron chi connectivity index (χ1n) is 27.8. The predicted molar refractivity (Wildman–Crippen MR) is 328 cm³/mol. The van der Waals surface area contributed by atoms with Crippen LogP contribution in [0.3, 0.4) is 0 Å². The zero-order valence-corrected chi connectivity index (χ0v) is 45.0. The molecule has 17 rings (SSSR count). The molecule has 3 aliphatic rings. The highest BCUT2D eigenvalue weighted by Crippen LogP contribution is 2.64. The van der Waals surface area contributed by atoms with Crippen LogP contribution in [0.1, 0.15) is 74.9 Å². The topological polar surface area (TPSA) is 34.5 Å². The lowest BCUT2D eigenvalue weighted by molar-refractivity contribution is 0.600. The smallest absolute Gasteiger partial charge is 0.144 e. The van der Waals surface area contributed by atoms with E-state index in [1.807, 2.05) is 0 Å². The van der Waals surface area contributed by atoms with Crippen LogP contribution in [0.2, 0.25) is 0 Å². The maximum absolute atomic E-state index is 7.06. The van der Waals surface area contributed by atoms with Gasteiger partial charge in [0.25, 0.3) is 0 Å². The van der Waals surface area contributed by atoms with Crippen molar-refractivity contribution in [3.63, 3.8) is 0 Å². The molecule has 0 amide bonds. The molecule has 0 bridgehead atoms. The van der Waals surface area contributed by atoms with Crippen molar-refractivity contribution in [2.45, 2.75) is 57.8 Å². The van der Waals surface area contributed by atoms with Crippen molar-refractivity contribution >= 4 is 82.7 Å². The maximum atomic E-state index is 7.06. The lowest BCUT2D eigenvalue weighted by Gasteiger charge is -2.32. The number of nitrogens with zero attached hydrogens (tertiary/aromatic N) is 2. The molecule has 4 heteroatoms. The Morgan fingerprint density at radius 3 is 1.57 bits per heavy atom. The first-order valence-corrected chi connectivity index (χ1v) is 27.8. The largest absolute Gasteiger partial charge is 0.455 e. The zero-order valence-electron chi connectivity index (χ0n) is 45.0. The quantitative estimate of drug-likeness (QED) is 0.172. The van der Waals surface area contributed by atoms with E-state index in [1.165, 1.54) is 99.3 Å². The van der Waals surface area contributed by atoms with Gasteiger partial charge in [0.1, 0.15) is 22.3 Å². The predicted octanol–water partition coefficient (Wildman–Crippen LogP) is 20.6. The average Bonchev–Trinajstić information content (AvgIpc) is 3.65. The number of fused-ring (bicyclic) bond motifs is 22. The summed E-state index contributed by atoms with van der Waals surface area (Å²) >= 11 is 0. The lowest BCUT2D eigenvalue weighted by Crippen LogP contribution is -2.24. The van der Waals surface area contributed by atoms with Crippen LogP contribution in [-0.2, 0) is 16.2 Å². The van der Waals surface area contributed by atoms with Crippen LogP contribution in [0, 0.1) is 0 Å². The molecule has 0 spiro atoms. The lowest BCUT2D eigenvalue weighted by atomic mass is 9.72. The van der Waals surface area contributed by atoms with Crippen molar-refractivity contribution in [3.05, 3.63) is 252 Å². The van der Waals surface area contributed by atoms with Crippen LogP contribution in [-0.4, -0.2) is 4.57 Å². The molecular formula is C75H54N2O2. The number of hydrogen-bond acceptors (Lipinski definition) is 3. The van der Waals surface area contributed by atoms with Gasteiger partial charge in [-0.3, -0.25) is 0 Å². The van der Waals surface area contributed by atoms with Crippen molar-refractivity contribution in [2.75, 3.05) is 4.90 Å². The molecule has 0 atom stereocenters. The van der Waals surface area contributed by atoms with E-state index < -0.39 is 0 Å². The van der Waals surface area contributed by atoms with Crippen LogP contribution in [0.25, 0.3) is 116 Å². The number of aromatic nitrogens is 1. The molecule has 0 fully saturated rings. The summed E-state index contributed by atoms with van der Waals surface area (Å²) in [6.07, 6.45) is 0. The third-order valence-corrected chi connectivity index (χ3v) is 18.7. The molecule has 79 heavy (non-hydrogen) atoms. The summed E-state index contributed by atoms with van der Waals surface area (Å²) in [5.74, 6) is 0. The summed E-state index contributed by atoms with van der Waals surface area (Å²) in [6, 6.07) is 80.6. The van der Waals surface area contributed by atoms with E-state index in [-0.39, 0.29) is 16.2 Å². The Labute approximate surface area is 458 Å². The molecule has 4 nitrogen and oxygen atoms in total. The molecular weight excluding hydrogens is 961 g/mol. The fourth-order valence-corrected chi connectivity index (χ4v) is 15.1. The van der Waals surface area contributed by atoms with Crippen LogP contribution < -0.4 is 4.90 Å². The highest BCUT2D eigenvalue weighted by Gasteiger charge is 2.49. The number of anilines is 3. The van der Waals surface area contributed by atoms with E-state index in [0.717, 1.165) is 67.0 Å². The minimum atomic E-state index is -0.369. The van der Waals surface area contributed by atoms with E-state index in [0.29, 0.717) is 0 Å². The number of rotatable bonds is 5. The molecule has 3 aliphatic carbocycles. The fraction of sp³-hybridized carbons (Fsp3) is 0.120. The number of hydrogen-bond donors (Lipinski definition) is 0. The van der Waals surface area contributed by atoms with Gasteiger partial charge in [-0.1, -0.05) is 181 Å². The summed E-state index contributed by atoms with van der Waals surface area (Å²) in [5.41, 5.74) is 27.5. The van der Waals surface area contributed by atoms with Gasteiger partial charge in [-0.2, -0.15) is 0 Å². The van der Waals surface area contributed by atoms with Crippen LogP contribution in [0.5, 0.6) is 0 Å². The number of para-hydroxylation sites is 4. The molecule has 3 heterocycles. The molecule has 11 aromatic carbocycles. The van der Waals surface area contributed by atoms with E-state index in [2.05, 4.69) is 269 Å². The molecule has 0 saturated carbocycles. The van der Waals surface area contributed by atoms with Gasteiger partial charge >= 0.3 is 0 Å². The second-order valence-corrected chi connectivity index (χ2v) is 23.9. The second kappa shape index (κ2) is 15.4. The van der Waals surface area contributed by atoms with Gasteiger partial charge in [-0.05, 0) is 146 Å². The second-order valence-electron chi connectivity index (χ2n) is 23.9. The highest BCUT2D eigenvalue weighted by atomic mass is 16.3. The Morgan fingerprint density at radius 1 is 0.342 bits per heavy atom. The minimum absolute atomic E-state index is 0.253. The van der Waals surface area contributed by atoms with Gasteiger partial charge < -0.3 is 18.3 Å². The van der Waals surface area contributed by atoms with Gasteiger partial charge in [0.15, 0.2) is 0 Å². The van der Waals surface area contributed by atoms with Crippen molar-refractivity contribution in [2.24, 2.45) is 0 Å². The summed E-state index contributed by atoms with van der Waals surface area (Å²) in [4.78, 5) is 2.53. The molecule has 0 unspecified atom stereocenters. The average molecular weight is 1020 g/mol. The highest BCUT2D eigenvalue weighted by molar-refractivity contribution is 6.22. The first-order chi connectivity index (χ1) is 38.5. The van der Waals surface area contributed by atoms with Gasteiger partial charge in [-0.15, -0.1) is 0 Å². The van der Waals surface area contributed by atoms with Crippen molar-refractivity contribution in [3.8, 4) is 50.2 Å².